The molecular weight excluding hydrogens is 204 g/mol. The average Bonchev–Trinajstić information content (AvgIpc) is 2.25. The lowest BCUT2D eigenvalue weighted by molar-refractivity contribution is -0.139. The number of aryl methyl sites for hydroxylation is 1. The van der Waals surface area contributed by atoms with Gasteiger partial charge in [0.15, 0.2) is 0 Å². The Morgan fingerprint density at radius 1 is 1.50 bits per heavy atom. The maximum atomic E-state index is 11.1. The van der Waals surface area contributed by atoms with Gasteiger partial charge in [0.1, 0.15) is 5.75 Å². The van der Waals surface area contributed by atoms with Gasteiger partial charge in [0.25, 0.3) is 0 Å². The van der Waals surface area contributed by atoms with Crippen LogP contribution in [0.1, 0.15) is 36.8 Å². The van der Waals surface area contributed by atoms with E-state index in [2.05, 4.69) is 0 Å². The van der Waals surface area contributed by atoms with E-state index in [1.165, 1.54) is 0 Å². The Morgan fingerprint density at radius 3 is 2.62 bits per heavy atom. The molecule has 3 heteroatoms. The largest absolute Gasteiger partial charge is 0.496 e. The molecule has 0 aliphatic rings. The number of ether oxygens (including phenoxy) is 1. The van der Waals surface area contributed by atoms with Crippen molar-refractivity contribution < 1.29 is 14.6 Å². The van der Waals surface area contributed by atoms with E-state index in [1.54, 1.807) is 7.11 Å². The monoisotopic (exact) mass is 222 g/mol. The van der Waals surface area contributed by atoms with Gasteiger partial charge < -0.3 is 9.84 Å². The maximum Gasteiger partial charge on any atom is 0.310 e. The van der Waals surface area contributed by atoms with Crippen molar-refractivity contribution in [1.82, 2.24) is 0 Å². The number of carboxylic acids is 1. The van der Waals surface area contributed by atoms with Gasteiger partial charge in [0.05, 0.1) is 13.0 Å². The molecule has 88 valence electrons. The van der Waals surface area contributed by atoms with E-state index < -0.39 is 11.9 Å². The molecule has 1 aromatic carbocycles. The van der Waals surface area contributed by atoms with Crippen LogP contribution in [0.15, 0.2) is 18.2 Å². The lowest BCUT2D eigenvalue weighted by Crippen LogP contribution is -2.11. The van der Waals surface area contributed by atoms with Crippen LogP contribution in [-0.4, -0.2) is 18.2 Å². The third-order valence-electron chi connectivity index (χ3n) is 2.70. The molecule has 0 aliphatic carbocycles. The van der Waals surface area contributed by atoms with Crippen molar-refractivity contribution in [3.05, 3.63) is 29.3 Å². The van der Waals surface area contributed by atoms with E-state index in [0.717, 1.165) is 23.3 Å². The summed E-state index contributed by atoms with van der Waals surface area (Å²) in [5.41, 5.74) is 1.83. The highest BCUT2D eigenvalue weighted by Crippen LogP contribution is 2.26. The molecule has 0 aliphatic heterocycles. The predicted molar refractivity (Wildman–Crippen MR) is 63.0 cm³/mol. The smallest absolute Gasteiger partial charge is 0.310 e. The van der Waals surface area contributed by atoms with Crippen LogP contribution in [0.25, 0.3) is 0 Å². The highest BCUT2D eigenvalue weighted by molar-refractivity contribution is 5.76. The molecule has 0 heterocycles. The molecular formula is C13H18O3. The zero-order chi connectivity index (χ0) is 12.1. The summed E-state index contributed by atoms with van der Waals surface area (Å²) in [7, 11) is 1.61. The molecule has 0 spiro atoms. The molecule has 0 radical (unpaired) electrons. The maximum absolute atomic E-state index is 11.1. The number of aliphatic carboxylic acids is 1. The lowest BCUT2D eigenvalue weighted by Gasteiger charge is -2.13. The predicted octanol–water partition coefficient (Wildman–Crippen LogP) is 2.97. The summed E-state index contributed by atoms with van der Waals surface area (Å²) in [6, 6.07) is 5.56. The van der Waals surface area contributed by atoms with Crippen LogP contribution < -0.4 is 4.74 Å². The molecule has 1 atom stereocenters. The molecule has 0 amide bonds. The number of benzene rings is 1. The van der Waals surface area contributed by atoms with E-state index in [-0.39, 0.29) is 0 Å². The van der Waals surface area contributed by atoms with Crippen LogP contribution in [0.5, 0.6) is 5.75 Å². The van der Waals surface area contributed by atoms with Crippen LogP contribution in [0, 0.1) is 6.92 Å². The van der Waals surface area contributed by atoms with E-state index in [4.69, 9.17) is 9.84 Å². The van der Waals surface area contributed by atoms with Gasteiger partial charge in [0.2, 0.25) is 0 Å². The molecule has 0 aromatic heterocycles. The summed E-state index contributed by atoms with van der Waals surface area (Å²) in [6.45, 7) is 3.92. The second-order valence-electron chi connectivity index (χ2n) is 3.91. The second-order valence-corrected chi connectivity index (χ2v) is 3.91. The highest BCUT2D eigenvalue weighted by atomic mass is 16.5. The molecule has 1 N–H and O–H groups in total. The number of carbonyl (C=O) groups is 1. The summed E-state index contributed by atoms with van der Waals surface area (Å²) < 4.78 is 5.15. The zero-order valence-corrected chi connectivity index (χ0v) is 9.99. The summed E-state index contributed by atoms with van der Waals surface area (Å²) in [4.78, 5) is 11.1. The SMILES string of the molecule is CCCC(C(=O)O)c1ccc(OC)c(C)c1. The summed E-state index contributed by atoms with van der Waals surface area (Å²) >= 11 is 0. The van der Waals surface area contributed by atoms with Gasteiger partial charge in [-0.2, -0.15) is 0 Å². The van der Waals surface area contributed by atoms with Crippen LogP contribution in [0.3, 0.4) is 0 Å². The Kier molecular flexibility index (Phi) is 4.35. The fraction of sp³-hybridized carbons (Fsp3) is 0.462. The Morgan fingerprint density at radius 2 is 2.19 bits per heavy atom. The fourth-order valence-electron chi connectivity index (χ4n) is 1.84. The zero-order valence-electron chi connectivity index (χ0n) is 9.99. The van der Waals surface area contributed by atoms with Gasteiger partial charge in [-0.1, -0.05) is 25.5 Å². The minimum Gasteiger partial charge on any atom is -0.496 e. The number of carboxylic acid groups (broad SMARTS) is 1. The summed E-state index contributed by atoms with van der Waals surface area (Å²) in [5, 5.41) is 9.14. The van der Waals surface area contributed by atoms with Gasteiger partial charge in [-0.05, 0) is 30.5 Å². The van der Waals surface area contributed by atoms with Gasteiger partial charge in [-0.3, -0.25) is 4.79 Å². The topological polar surface area (TPSA) is 46.5 Å². The van der Waals surface area contributed by atoms with E-state index in [0.29, 0.717) is 6.42 Å². The lowest BCUT2D eigenvalue weighted by atomic mass is 9.93. The van der Waals surface area contributed by atoms with E-state index in [9.17, 15) is 4.79 Å². The first-order valence-electron chi connectivity index (χ1n) is 5.47. The quantitative estimate of drug-likeness (QED) is 0.833. The van der Waals surface area contributed by atoms with Crippen LogP contribution in [0.2, 0.25) is 0 Å². The van der Waals surface area contributed by atoms with Crippen LogP contribution >= 0.6 is 0 Å². The van der Waals surface area contributed by atoms with Crippen molar-refractivity contribution in [2.24, 2.45) is 0 Å². The molecule has 16 heavy (non-hydrogen) atoms. The van der Waals surface area contributed by atoms with Crippen molar-refractivity contribution in [3.63, 3.8) is 0 Å². The van der Waals surface area contributed by atoms with Crippen LogP contribution in [0.4, 0.5) is 0 Å². The molecule has 0 bridgehead atoms. The summed E-state index contributed by atoms with van der Waals surface area (Å²) in [6.07, 6.45) is 1.53. The van der Waals surface area contributed by atoms with Crippen molar-refractivity contribution in [2.45, 2.75) is 32.6 Å². The third-order valence-corrected chi connectivity index (χ3v) is 2.70. The second kappa shape index (κ2) is 5.54. The standard InChI is InChI=1S/C13H18O3/c1-4-5-11(13(14)15)10-6-7-12(16-3)9(2)8-10/h6-8,11H,4-5H2,1-3H3,(H,14,15). The number of hydrogen-bond donors (Lipinski definition) is 1. The van der Waals surface area contributed by atoms with Crippen molar-refractivity contribution in [2.75, 3.05) is 7.11 Å². The van der Waals surface area contributed by atoms with Gasteiger partial charge in [-0.15, -0.1) is 0 Å². The van der Waals surface area contributed by atoms with Gasteiger partial charge in [0, 0.05) is 0 Å². The molecule has 1 unspecified atom stereocenters. The fourth-order valence-corrected chi connectivity index (χ4v) is 1.84. The first-order chi connectivity index (χ1) is 7.60. The Bertz CT molecular complexity index is 371. The minimum atomic E-state index is -0.758. The summed E-state index contributed by atoms with van der Waals surface area (Å²) in [5.74, 6) is -0.370. The molecule has 0 fully saturated rings. The van der Waals surface area contributed by atoms with Gasteiger partial charge >= 0.3 is 5.97 Å². The van der Waals surface area contributed by atoms with Gasteiger partial charge in [-0.25, -0.2) is 0 Å². The highest BCUT2D eigenvalue weighted by Gasteiger charge is 2.19. The average molecular weight is 222 g/mol. The molecule has 0 saturated carbocycles. The van der Waals surface area contributed by atoms with Crippen molar-refractivity contribution in [1.29, 1.82) is 0 Å². The molecule has 0 saturated heterocycles. The third kappa shape index (κ3) is 2.75. The molecule has 3 nitrogen and oxygen atoms in total. The first kappa shape index (κ1) is 12.6. The van der Waals surface area contributed by atoms with Crippen molar-refractivity contribution in [3.8, 4) is 5.75 Å². The normalized spacial score (nSPS) is 12.2. The minimum absolute atomic E-state index is 0.408. The van der Waals surface area contributed by atoms with Crippen LogP contribution in [-0.2, 0) is 4.79 Å². The Balaban J connectivity index is 3.01. The first-order valence-corrected chi connectivity index (χ1v) is 5.47. The van der Waals surface area contributed by atoms with Crippen molar-refractivity contribution >= 4 is 5.97 Å². The van der Waals surface area contributed by atoms with E-state index in [1.807, 2.05) is 32.0 Å². The number of hydrogen-bond acceptors (Lipinski definition) is 2. The Hall–Kier alpha value is -1.51. The Labute approximate surface area is 96.1 Å². The number of methoxy groups -OCH3 is 1. The number of rotatable bonds is 5. The molecule has 1 rings (SSSR count). The molecule has 1 aromatic rings. The van der Waals surface area contributed by atoms with E-state index >= 15 is 0 Å².